The Hall–Kier alpha value is -2.32. The van der Waals surface area contributed by atoms with E-state index in [9.17, 15) is 5.11 Å². The van der Waals surface area contributed by atoms with Crippen LogP contribution in [0.1, 0.15) is 5.56 Å². The SMILES string of the molecule is Cc1cccnc1-c1ccccc1-c1ccc(O)cc1Cl. The van der Waals surface area contributed by atoms with Crippen LogP contribution in [0.2, 0.25) is 5.02 Å². The van der Waals surface area contributed by atoms with Crippen LogP contribution in [-0.2, 0) is 0 Å². The molecular formula is C18H14ClNO. The van der Waals surface area contributed by atoms with E-state index in [1.165, 1.54) is 0 Å². The molecule has 1 heterocycles. The van der Waals surface area contributed by atoms with Gasteiger partial charge in [0.2, 0.25) is 0 Å². The van der Waals surface area contributed by atoms with Crippen LogP contribution in [0.25, 0.3) is 22.4 Å². The molecule has 0 aliphatic rings. The van der Waals surface area contributed by atoms with Crippen molar-refractivity contribution < 1.29 is 5.11 Å². The van der Waals surface area contributed by atoms with Gasteiger partial charge in [-0.25, -0.2) is 0 Å². The van der Waals surface area contributed by atoms with Crippen LogP contribution in [0.3, 0.4) is 0 Å². The fraction of sp³-hybridized carbons (Fsp3) is 0.0556. The van der Waals surface area contributed by atoms with E-state index in [1.54, 1.807) is 18.3 Å². The van der Waals surface area contributed by atoms with Crippen molar-refractivity contribution in [3.63, 3.8) is 0 Å². The van der Waals surface area contributed by atoms with Gasteiger partial charge < -0.3 is 5.11 Å². The van der Waals surface area contributed by atoms with Crippen molar-refractivity contribution >= 4 is 11.6 Å². The van der Waals surface area contributed by atoms with Crippen molar-refractivity contribution in [3.8, 4) is 28.1 Å². The van der Waals surface area contributed by atoms with Gasteiger partial charge in [0.1, 0.15) is 5.75 Å². The molecule has 0 aliphatic heterocycles. The van der Waals surface area contributed by atoms with Gasteiger partial charge in [-0.2, -0.15) is 0 Å². The molecule has 104 valence electrons. The number of benzene rings is 2. The standard InChI is InChI=1S/C18H14ClNO/c1-12-5-4-10-20-18(12)16-7-3-2-6-14(16)15-9-8-13(21)11-17(15)19/h2-11,21H,1H3. The van der Waals surface area contributed by atoms with Crippen molar-refractivity contribution in [1.82, 2.24) is 4.98 Å². The van der Waals surface area contributed by atoms with E-state index < -0.39 is 0 Å². The molecule has 0 spiro atoms. The second kappa shape index (κ2) is 5.58. The number of phenols is 1. The fourth-order valence-electron chi connectivity index (χ4n) is 2.41. The second-order valence-corrected chi connectivity index (χ2v) is 5.29. The van der Waals surface area contributed by atoms with E-state index in [0.29, 0.717) is 5.02 Å². The summed E-state index contributed by atoms with van der Waals surface area (Å²) >= 11 is 6.28. The molecule has 21 heavy (non-hydrogen) atoms. The van der Waals surface area contributed by atoms with Crippen LogP contribution >= 0.6 is 11.6 Å². The van der Waals surface area contributed by atoms with Gasteiger partial charge in [-0.15, -0.1) is 0 Å². The van der Waals surface area contributed by atoms with Gasteiger partial charge in [0.25, 0.3) is 0 Å². The molecule has 1 N–H and O–H groups in total. The lowest BCUT2D eigenvalue weighted by Gasteiger charge is -2.12. The molecule has 2 nitrogen and oxygen atoms in total. The maximum absolute atomic E-state index is 9.52. The second-order valence-electron chi connectivity index (χ2n) is 4.88. The predicted molar refractivity (Wildman–Crippen MR) is 86.5 cm³/mol. The monoisotopic (exact) mass is 295 g/mol. The van der Waals surface area contributed by atoms with Crippen molar-refractivity contribution in [2.24, 2.45) is 0 Å². The summed E-state index contributed by atoms with van der Waals surface area (Å²) in [7, 11) is 0. The summed E-state index contributed by atoms with van der Waals surface area (Å²) in [5.74, 6) is 0.162. The number of nitrogens with zero attached hydrogens (tertiary/aromatic N) is 1. The van der Waals surface area contributed by atoms with Gasteiger partial charge in [-0.05, 0) is 42.3 Å². The molecule has 0 unspecified atom stereocenters. The molecule has 3 rings (SSSR count). The molecule has 0 aliphatic carbocycles. The smallest absolute Gasteiger partial charge is 0.117 e. The average Bonchev–Trinajstić information content (AvgIpc) is 2.48. The van der Waals surface area contributed by atoms with Gasteiger partial charge in [-0.1, -0.05) is 41.9 Å². The Morgan fingerprint density at radius 2 is 1.67 bits per heavy atom. The van der Waals surface area contributed by atoms with Gasteiger partial charge in [0, 0.05) is 17.3 Å². The number of rotatable bonds is 2. The summed E-state index contributed by atoms with van der Waals surface area (Å²) in [4.78, 5) is 4.49. The summed E-state index contributed by atoms with van der Waals surface area (Å²) in [6, 6.07) is 17.0. The number of aryl methyl sites for hydroxylation is 1. The number of halogens is 1. The first-order valence-electron chi connectivity index (χ1n) is 6.67. The Labute approximate surface area is 128 Å². The highest BCUT2D eigenvalue weighted by atomic mass is 35.5. The summed E-state index contributed by atoms with van der Waals surface area (Å²) in [5, 5.41) is 10.0. The van der Waals surface area contributed by atoms with E-state index in [0.717, 1.165) is 27.9 Å². The summed E-state index contributed by atoms with van der Waals surface area (Å²) in [6.07, 6.45) is 1.79. The lowest BCUT2D eigenvalue weighted by molar-refractivity contribution is 0.475. The van der Waals surface area contributed by atoms with E-state index >= 15 is 0 Å². The molecule has 0 amide bonds. The lowest BCUT2D eigenvalue weighted by atomic mass is 9.95. The third-order valence-electron chi connectivity index (χ3n) is 3.43. The van der Waals surface area contributed by atoms with E-state index in [1.807, 2.05) is 49.4 Å². The molecule has 3 heteroatoms. The minimum absolute atomic E-state index is 0.162. The number of hydrogen-bond donors (Lipinski definition) is 1. The van der Waals surface area contributed by atoms with Gasteiger partial charge in [0.05, 0.1) is 10.7 Å². The number of phenolic OH excluding ortho intramolecular Hbond substituents is 1. The molecule has 1 aromatic heterocycles. The van der Waals surface area contributed by atoms with Crippen molar-refractivity contribution in [1.29, 1.82) is 0 Å². The van der Waals surface area contributed by atoms with Crippen molar-refractivity contribution in [2.45, 2.75) is 6.92 Å². The van der Waals surface area contributed by atoms with Crippen molar-refractivity contribution in [3.05, 3.63) is 71.4 Å². The molecule has 3 aromatic rings. The molecule has 0 saturated heterocycles. The normalized spacial score (nSPS) is 10.6. The number of aromatic nitrogens is 1. The first kappa shape index (κ1) is 13.7. The average molecular weight is 296 g/mol. The van der Waals surface area contributed by atoms with Gasteiger partial charge in [0.15, 0.2) is 0 Å². The van der Waals surface area contributed by atoms with Gasteiger partial charge in [-0.3, -0.25) is 4.98 Å². The summed E-state index contributed by atoms with van der Waals surface area (Å²) in [5.41, 5.74) is 4.97. The topological polar surface area (TPSA) is 33.1 Å². The third-order valence-corrected chi connectivity index (χ3v) is 3.75. The zero-order chi connectivity index (χ0) is 14.8. The van der Waals surface area contributed by atoms with Crippen LogP contribution in [0.4, 0.5) is 0 Å². The third kappa shape index (κ3) is 2.63. The van der Waals surface area contributed by atoms with Crippen molar-refractivity contribution in [2.75, 3.05) is 0 Å². The van der Waals surface area contributed by atoms with Crippen LogP contribution in [-0.4, -0.2) is 10.1 Å². The number of aromatic hydroxyl groups is 1. The molecular weight excluding hydrogens is 282 g/mol. The van der Waals surface area contributed by atoms with Crippen LogP contribution in [0, 0.1) is 6.92 Å². The minimum atomic E-state index is 0.162. The highest BCUT2D eigenvalue weighted by Gasteiger charge is 2.12. The minimum Gasteiger partial charge on any atom is -0.508 e. The maximum Gasteiger partial charge on any atom is 0.117 e. The number of hydrogen-bond acceptors (Lipinski definition) is 2. The summed E-state index contributed by atoms with van der Waals surface area (Å²) in [6.45, 7) is 2.04. The van der Waals surface area contributed by atoms with Crippen LogP contribution in [0.5, 0.6) is 5.75 Å². The lowest BCUT2D eigenvalue weighted by Crippen LogP contribution is -1.91. The largest absolute Gasteiger partial charge is 0.508 e. The molecule has 0 saturated carbocycles. The Morgan fingerprint density at radius 1 is 0.905 bits per heavy atom. The highest BCUT2D eigenvalue weighted by Crippen LogP contribution is 2.37. The molecule has 0 radical (unpaired) electrons. The first-order valence-corrected chi connectivity index (χ1v) is 7.04. The van der Waals surface area contributed by atoms with Gasteiger partial charge >= 0.3 is 0 Å². The molecule has 0 atom stereocenters. The van der Waals surface area contributed by atoms with E-state index in [4.69, 9.17) is 11.6 Å². The number of pyridine rings is 1. The zero-order valence-corrected chi connectivity index (χ0v) is 12.3. The summed E-state index contributed by atoms with van der Waals surface area (Å²) < 4.78 is 0. The van der Waals surface area contributed by atoms with E-state index in [-0.39, 0.29) is 5.75 Å². The Bertz CT molecular complexity index is 799. The zero-order valence-electron chi connectivity index (χ0n) is 11.5. The Morgan fingerprint density at radius 3 is 2.38 bits per heavy atom. The predicted octanol–water partition coefficient (Wildman–Crippen LogP) is 5.08. The maximum atomic E-state index is 9.52. The van der Waals surface area contributed by atoms with Crippen LogP contribution < -0.4 is 0 Å². The first-order chi connectivity index (χ1) is 10.2. The van der Waals surface area contributed by atoms with E-state index in [2.05, 4.69) is 4.98 Å². The highest BCUT2D eigenvalue weighted by molar-refractivity contribution is 6.33. The molecule has 2 aromatic carbocycles. The molecule has 0 bridgehead atoms. The fourth-order valence-corrected chi connectivity index (χ4v) is 2.69. The Kier molecular flexibility index (Phi) is 3.63. The quantitative estimate of drug-likeness (QED) is 0.715. The molecule has 0 fully saturated rings. The Balaban J connectivity index is 2.24. The van der Waals surface area contributed by atoms with Crippen LogP contribution in [0.15, 0.2) is 60.8 Å².